The van der Waals surface area contributed by atoms with Crippen molar-refractivity contribution in [2.45, 2.75) is 6.42 Å². The molecular formula is C18H12F3N3O2S. The zero-order valence-electron chi connectivity index (χ0n) is 13.7. The van der Waals surface area contributed by atoms with Crippen LogP contribution in [-0.4, -0.2) is 23.3 Å². The van der Waals surface area contributed by atoms with E-state index >= 15 is 0 Å². The van der Waals surface area contributed by atoms with Crippen molar-refractivity contribution >= 4 is 44.2 Å². The van der Waals surface area contributed by atoms with Gasteiger partial charge in [0.2, 0.25) is 11.8 Å². The van der Waals surface area contributed by atoms with Gasteiger partial charge in [-0.1, -0.05) is 23.5 Å². The maximum Gasteiger partial charge on any atom is 0.231 e. The zero-order chi connectivity index (χ0) is 19.1. The average molecular weight is 391 g/mol. The molecule has 27 heavy (non-hydrogen) atoms. The number of carbonyl (C=O) groups is 2. The van der Waals surface area contributed by atoms with Gasteiger partial charge in [0.25, 0.3) is 0 Å². The Kier molecular flexibility index (Phi) is 4.31. The predicted octanol–water partition coefficient (Wildman–Crippen LogP) is 3.71. The highest BCUT2D eigenvalue weighted by Gasteiger charge is 2.36. The van der Waals surface area contributed by atoms with Crippen molar-refractivity contribution in [2.24, 2.45) is 5.92 Å². The van der Waals surface area contributed by atoms with Gasteiger partial charge in [0.1, 0.15) is 17.2 Å². The minimum atomic E-state index is -0.816. The topological polar surface area (TPSA) is 62.3 Å². The number of hydrogen-bond acceptors (Lipinski definition) is 4. The van der Waals surface area contributed by atoms with Crippen LogP contribution in [0.3, 0.4) is 0 Å². The Hall–Kier alpha value is -2.94. The number of amides is 2. The van der Waals surface area contributed by atoms with Crippen molar-refractivity contribution in [3.8, 4) is 0 Å². The zero-order valence-corrected chi connectivity index (χ0v) is 14.5. The summed E-state index contributed by atoms with van der Waals surface area (Å²) >= 11 is 0.932. The lowest BCUT2D eigenvalue weighted by Crippen LogP contribution is -2.28. The Morgan fingerprint density at radius 1 is 1.19 bits per heavy atom. The van der Waals surface area contributed by atoms with Gasteiger partial charge in [-0.3, -0.25) is 9.59 Å². The van der Waals surface area contributed by atoms with E-state index < -0.39 is 29.3 Å². The number of nitrogens with one attached hydrogen (secondary N) is 1. The molecule has 3 aromatic rings. The number of fused-ring (bicyclic) bond motifs is 1. The maximum absolute atomic E-state index is 13.9. The van der Waals surface area contributed by atoms with Crippen molar-refractivity contribution in [1.29, 1.82) is 0 Å². The molecule has 1 fully saturated rings. The molecule has 0 bridgehead atoms. The van der Waals surface area contributed by atoms with Gasteiger partial charge in [0.05, 0.1) is 16.3 Å². The summed E-state index contributed by atoms with van der Waals surface area (Å²) in [5, 5.41) is 2.64. The van der Waals surface area contributed by atoms with E-state index in [9.17, 15) is 22.8 Å². The van der Waals surface area contributed by atoms with Gasteiger partial charge in [0.15, 0.2) is 10.9 Å². The van der Waals surface area contributed by atoms with Crippen LogP contribution in [0, 0.1) is 23.4 Å². The summed E-state index contributed by atoms with van der Waals surface area (Å²) in [5.41, 5.74) is 0.0857. The Balaban J connectivity index is 1.52. The van der Waals surface area contributed by atoms with E-state index in [1.54, 1.807) is 6.07 Å². The highest BCUT2D eigenvalue weighted by atomic mass is 32.1. The third-order valence-electron chi connectivity index (χ3n) is 4.28. The lowest BCUT2D eigenvalue weighted by atomic mass is 10.1. The number of thiazole rings is 1. The molecule has 138 valence electrons. The second kappa shape index (κ2) is 6.66. The van der Waals surface area contributed by atoms with E-state index in [4.69, 9.17) is 0 Å². The lowest BCUT2D eigenvalue weighted by molar-refractivity contribution is -0.122. The number of carbonyl (C=O) groups excluding carboxylic acids is 2. The minimum absolute atomic E-state index is 0.0273. The first-order chi connectivity index (χ1) is 12.9. The summed E-state index contributed by atoms with van der Waals surface area (Å²) in [7, 11) is 0. The predicted molar refractivity (Wildman–Crippen MR) is 95.0 cm³/mol. The highest BCUT2D eigenvalue weighted by molar-refractivity contribution is 7.22. The summed E-state index contributed by atoms with van der Waals surface area (Å²) in [6.45, 7) is 0.0273. The number of benzene rings is 2. The van der Waals surface area contributed by atoms with Crippen LogP contribution < -0.4 is 10.2 Å². The first kappa shape index (κ1) is 17.5. The normalized spacial score (nSPS) is 16.9. The van der Waals surface area contributed by atoms with Gasteiger partial charge >= 0.3 is 0 Å². The van der Waals surface area contributed by atoms with Gasteiger partial charge in [-0.05, 0) is 18.2 Å². The third kappa shape index (κ3) is 3.25. The monoisotopic (exact) mass is 391 g/mol. The van der Waals surface area contributed by atoms with E-state index in [1.807, 2.05) is 0 Å². The molecule has 9 heteroatoms. The number of nitrogens with zero attached hydrogens (tertiary/aromatic N) is 2. The molecule has 0 aliphatic carbocycles. The number of aromatic nitrogens is 1. The van der Waals surface area contributed by atoms with Crippen LogP contribution in [0.25, 0.3) is 10.2 Å². The van der Waals surface area contributed by atoms with E-state index in [0.717, 1.165) is 23.5 Å². The van der Waals surface area contributed by atoms with Crippen LogP contribution >= 0.6 is 11.3 Å². The number of para-hydroxylation sites is 1. The molecule has 0 radical (unpaired) electrons. The molecule has 1 atom stereocenters. The Morgan fingerprint density at radius 2 is 1.96 bits per heavy atom. The number of anilines is 2. The van der Waals surface area contributed by atoms with Gasteiger partial charge in [-0.25, -0.2) is 18.2 Å². The number of rotatable bonds is 3. The first-order valence-corrected chi connectivity index (χ1v) is 8.85. The summed E-state index contributed by atoms with van der Waals surface area (Å²) in [6, 6.07) is 7.68. The van der Waals surface area contributed by atoms with E-state index in [-0.39, 0.29) is 39.9 Å². The summed E-state index contributed by atoms with van der Waals surface area (Å²) in [6.07, 6.45) is -0.0753. The second-order valence-corrected chi connectivity index (χ2v) is 7.13. The molecule has 0 unspecified atom stereocenters. The van der Waals surface area contributed by atoms with Crippen molar-refractivity contribution in [3.05, 3.63) is 53.8 Å². The fourth-order valence-electron chi connectivity index (χ4n) is 3.00. The fourth-order valence-corrected chi connectivity index (χ4v) is 3.91. The third-order valence-corrected chi connectivity index (χ3v) is 5.20. The molecule has 1 N–H and O–H groups in total. The SMILES string of the molecule is O=C(Nc1nc2c(F)cc(F)cc2s1)[C@H]1CC(=O)N(c2ccccc2F)C1. The van der Waals surface area contributed by atoms with Crippen LogP contribution in [0.1, 0.15) is 6.42 Å². The molecule has 5 nitrogen and oxygen atoms in total. The molecule has 1 aromatic heterocycles. The first-order valence-electron chi connectivity index (χ1n) is 8.03. The molecule has 4 rings (SSSR count). The largest absolute Gasteiger partial charge is 0.309 e. The van der Waals surface area contributed by atoms with Crippen LogP contribution in [0.15, 0.2) is 36.4 Å². The molecule has 0 saturated carbocycles. The quantitative estimate of drug-likeness (QED) is 0.741. The number of halogens is 3. The molecular weight excluding hydrogens is 379 g/mol. The average Bonchev–Trinajstić information content (AvgIpc) is 3.19. The molecule has 0 spiro atoms. The van der Waals surface area contributed by atoms with E-state index in [0.29, 0.717) is 0 Å². The second-order valence-electron chi connectivity index (χ2n) is 6.10. The van der Waals surface area contributed by atoms with Crippen LogP contribution in [-0.2, 0) is 9.59 Å². The standard InChI is InChI=1S/C18H12F3N3O2S/c19-10-6-12(21)16-14(7-10)27-18(22-16)23-17(26)9-5-15(25)24(8-9)13-4-2-1-3-11(13)20/h1-4,6-7,9H,5,8H2,(H,22,23,26)/t9-/m0/s1. The molecule has 2 amide bonds. The Morgan fingerprint density at radius 3 is 2.74 bits per heavy atom. The lowest BCUT2D eigenvalue weighted by Gasteiger charge is -2.17. The van der Waals surface area contributed by atoms with Crippen LogP contribution in [0.2, 0.25) is 0 Å². The Bertz CT molecular complexity index is 1070. The minimum Gasteiger partial charge on any atom is -0.309 e. The molecule has 1 aliphatic rings. The van der Waals surface area contributed by atoms with Gasteiger partial charge < -0.3 is 10.2 Å². The summed E-state index contributed by atoms with van der Waals surface area (Å²) in [5.74, 6) is -3.65. The smallest absolute Gasteiger partial charge is 0.231 e. The van der Waals surface area contributed by atoms with Crippen molar-refractivity contribution in [2.75, 3.05) is 16.8 Å². The molecule has 1 saturated heterocycles. The fraction of sp³-hybridized carbons (Fsp3) is 0.167. The van der Waals surface area contributed by atoms with Crippen molar-refractivity contribution in [1.82, 2.24) is 4.98 Å². The van der Waals surface area contributed by atoms with E-state index in [1.165, 1.54) is 23.1 Å². The molecule has 2 heterocycles. The van der Waals surface area contributed by atoms with Gasteiger partial charge in [0, 0.05) is 19.0 Å². The molecule has 1 aliphatic heterocycles. The van der Waals surface area contributed by atoms with Gasteiger partial charge in [-0.2, -0.15) is 0 Å². The van der Waals surface area contributed by atoms with Gasteiger partial charge in [-0.15, -0.1) is 0 Å². The van der Waals surface area contributed by atoms with Crippen molar-refractivity contribution < 1.29 is 22.8 Å². The van der Waals surface area contributed by atoms with Crippen LogP contribution in [0.4, 0.5) is 24.0 Å². The maximum atomic E-state index is 13.9. The van der Waals surface area contributed by atoms with Crippen molar-refractivity contribution in [3.63, 3.8) is 0 Å². The Labute approximate surface area is 155 Å². The molecule has 2 aromatic carbocycles. The summed E-state index contributed by atoms with van der Waals surface area (Å²) in [4.78, 5) is 29.8. The summed E-state index contributed by atoms with van der Waals surface area (Å²) < 4.78 is 41.2. The highest BCUT2D eigenvalue weighted by Crippen LogP contribution is 2.31. The van der Waals surface area contributed by atoms with Crippen LogP contribution in [0.5, 0.6) is 0 Å². The van der Waals surface area contributed by atoms with E-state index in [2.05, 4.69) is 10.3 Å². The number of hydrogen-bond donors (Lipinski definition) is 1.